The molecule has 0 aromatic carbocycles. The predicted molar refractivity (Wildman–Crippen MR) is 97.4 cm³/mol. The molecule has 0 spiro atoms. The molecule has 28 heavy (non-hydrogen) atoms. The zero-order chi connectivity index (χ0) is 20.5. The van der Waals surface area contributed by atoms with Gasteiger partial charge < -0.3 is 5.11 Å². The van der Waals surface area contributed by atoms with Crippen molar-refractivity contribution in [3.05, 3.63) is 11.6 Å². The molecule has 3 nitrogen and oxygen atoms in total. The molecule has 0 radical (unpaired) electrons. The molecule has 156 valence electrons. The highest BCUT2D eigenvalue weighted by atomic mass is 19.4. The number of allylic oxidation sites excluding steroid dienone is 2. The number of carboxylic acids is 1. The third kappa shape index (κ3) is 2.93. The van der Waals surface area contributed by atoms with Gasteiger partial charge in [-0.15, -0.1) is 0 Å². The van der Waals surface area contributed by atoms with Gasteiger partial charge >= 0.3 is 12.1 Å². The number of carbonyl (C=O) groups excluding carboxylic acids is 1. The number of carboxylic acid groups (broad SMARTS) is 1. The minimum absolute atomic E-state index is 0.0601. The van der Waals surface area contributed by atoms with Gasteiger partial charge in [-0.3, -0.25) is 9.59 Å². The summed E-state index contributed by atoms with van der Waals surface area (Å²) < 4.78 is 38.9. The quantitative estimate of drug-likeness (QED) is 0.602. The Kier molecular flexibility index (Phi) is 4.51. The Morgan fingerprint density at radius 2 is 1.75 bits per heavy atom. The number of aliphatic carboxylic acids is 1. The van der Waals surface area contributed by atoms with E-state index in [1.807, 2.05) is 0 Å². The molecule has 0 aliphatic heterocycles. The maximum Gasteiger partial charge on any atom is 0.410 e. The average molecular weight is 398 g/mol. The van der Waals surface area contributed by atoms with Crippen LogP contribution in [-0.2, 0) is 9.59 Å². The van der Waals surface area contributed by atoms with E-state index in [2.05, 4.69) is 13.8 Å². The molecule has 4 rings (SSSR count). The van der Waals surface area contributed by atoms with Gasteiger partial charge in [-0.2, -0.15) is 13.2 Å². The number of hydrogen-bond donors (Lipinski definition) is 1. The van der Waals surface area contributed by atoms with Gasteiger partial charge in [0.15, 0.2) is 5.78 Å². The summed E-state index contributed by atoms with van der Waals surface area (Å²) in [6.07, 6.45) is 1.33. The van der Waals surface area contributed by atoms with Crippen LogP contribution in [0, 0.1) is 40.4 Å². The van der Waals surface area contributed by atoms with Gasteiger partial charge in [0.05, 0.1) is 5.92 Å². The van der Waals surface area contributed by atoms with E-state index >= 15 is 0 Å². The number of ketones is 1. The van der Waals surface area contributed by atoms with Gasteiger partial charge in [0.2, 0.25) is 0 Å². The summed E-state index contributed by atoms with van der Waals surface area (Å²) in [5.41, 5.74) is -0.558. The highest BCUT2D eigenvalue weighted by Gasteiger charge is 2.61. The Morgan fingerprint density at radius 1 is 1.07 bits per heavy atom. The minimum Gasteiger partial charge on any atom is -0.481 e. The first-order chi connectivity index (χ1) is 13.0. The second kappa shape index (κ2) is 6.33. The van der Waals surface area contributed by atoms with E-state index in [9.17, 15) is 27.9 Å². The van der Waals surface area contributed by atoms with Crippen LogP contribution >= 0.6 is 0 Å². The van der Waals surface area contributed by atoms with Crippen molar-refractivity contribution in [3.63, 3.8) is 0 Å². The van der Waals surface area contributed by atoms with Gasteiger partial charge in [0, 0.05) is 18.1 Å². The smallest absolute Gasteiger partial charge is 0.410 e. The predicted octanol–water partition coefficient (Wildman–Crippen LogP) is 5.40. The lowest BCUT2D eigenvalue weighted by atomic mass is 9.44. The highest BCUT2D eigenvalue weighted by molar-refractivity contribution is 5.96. The largest absolute Gasteiger partial charge is 0.481 e. The molecule has 0 amide bonds. The maximum absolute atomic E-state index is 13.0. The standard InChI is InChI=1S/C22H29F3O3/c1-20-8-7-16-14(15(20)5-6-17(20)19(27)28)4-3-13-9-18(26)12(10-21(13,16)2)11-22(23,24)25/h11,13-17H,3-10H2,1-2H3,(H,27,28). The van der Waals surface area contributed by atoms with Crippen LogP contribution in [0.2, 0.25) is 0 Å². The monoisotopic (exact) mass is 398 g/mol. The zero-order valence-corrected chi connectivity index (χ0v) is 16.5. The Hall–Kier alpha value is -1.33. The molecule has 4 aliphatic carbocycles. The number of alkyl halides is 3. The molecule has 7 unspecified atom stereocenters. The fraction of sp³-hybridized carbons (Fsp3) is 0.818. The Morgan fingerprint density at radius 3 is 2.39 bits per heavy atom. The van der Waals surface area contributed by atoms with Crippen molar-refractivity contribution in [2.75, 3.05) is 0 Å². The van der Waals surface area contributed by atoms with E-state index in [-0.39, 0.29) is 58.9 Å². The van der Waals surface area contributed by atoms with Crippen LogP contribution in [0.1, 0.15) is 65.2 Å². The van der Waals surface area contributed by atoms with E-state index in [0.717, 1.165) is 32.1 Å². The van der Waals surface area contributed by atoms with Crippen molar-refractivity contribution in [2.24, 2.45) is 40.4 Å². The van der Waals surface area contributed by atoms with Crippen LogP contribution in [0.4, 0.5) is 13.2 Å². The third-order valence-corrected chi connectivity index (χ3v) is 9.06. The number of hydrogen-bond acceptors (Lipinski definition) is 2. The summed E-state index contributed by atoms with van der Waals surface area (Å²) in [5.74, 6) is -0.234. The lowest BCUT2D eigenvalue weighted by Crippen LogP contribution is -2.54. The van der Waals surface area contributed by atoms with Crippen LogP contribution in [-0.4, -0.2) is 23.0 Å². The Balaban J connectivity index is 1.64. The summed E-state index contributed by atoms with van der Waals surface area (Å²) in [7, 11) is 0. The van der Waals surface area contributed by atoms with E-state index in [4.69, 9.17) is 0 Å². The third-order valence-electron chi connectivity index (χ3n) is 9.06. The second-order valence-electron chi connectivity index (χ2n) is 10.2. The lowest BCUT2D eigenvalue weighted by molar-refractivity contribution is -0.152. The number of halogens is 3. The van der Waals surface area contributed by atoms with Crippen molar-refractivity contribution in [1.29, 1.82) is 0 Å². The van der Waals surface area contributed by atoms with Gasteiger partial charge in [0.1, 0.15) is 0 Å². The fourth-order valence-corrected chi connectivity index (χ4v) is 7.74. The van der Waals surface area contributed by atoms with Crippen LogP contribution in [0.3, 0.4) is 0 Å². The summed E-state index contributed by atoms with van der Waals surface area (Å²) in [6, 6.07) is 0. The van der Waals surface area contributed by atoms with Crippen LogP contribution in [0.15, 0.2) is 11.6 Å². The van der Waals surface area contributed by atoms with Crippen molar-refractivity contribution < 1.29 is 27.9 Å². The fourth-order valence-electron chi connectivity index (χ4n) is 7.74. The molecule has 0 saturated heterocycles. The molecule has 0 heterocycles. The van der Waals surface area contributed by atoms with Crippen molar-refractivity contribution in [2.45, 2.75) is 71.4 Å². The van der Waals surface area contributed by atoms with Crippen molar-refractivity contribution >= 4 is 11.8 Å². The number of rotatable bonds is 1. The van der Waals surface area contributed by atoms with Gasteiger partial charge in [-0.05, 0) is 79.4 Å². The molecule has 4 aliphatic rings. The van der Waals surface area contributed by atoms with Gasteiger partial charge in [-0.25, -0.2) is 0 Å². The molecule has 1 N–H and O–H groups in total. The first-order valence-corrected chi connectivity index (χ1v) is 10.5. The molecule has 6 heteroatoms. The molecule has 4 saturated carbocycles. The summed E-state index contributed by atoms with van der Waals surface area (Å²) in [4.78, 5) is 24.1. The van der Waals surface area contributed by atoms with E-state index in [1.165, 1.54) is 0 Å². The maximum atomic E-state index is 13.0. The van der Waals surface area contributed by atoms with Gasteiger partial charge in [0.25, 0.3) is 0 Å². The molecule has 0 aromatic heterocycles. The number of carbonyl (C=O) groups is 2. The van der Waals surface area contributed by atoms with E-state index in [0.29, 0.717) is 18.3 Å². The summed E-state index contributed by atoms with van der Waals surface area (Å²) >= 11 is 0. The molecular formula is C22H29F3O3. The minimum atomic E-state index is -4.46. The van der Waals surface area contributed by atoms with Crippen molar-refractivity contribution in [3.8, 4) is 0 Å². The van der Waals surface area contributed by atoms with Crippen LogP contribution in [0.5, 0.6) is 0 Å². The SMILES string of the molecule is CC12CC(=CC(F)(F)F)C(=O)CC1CCC1C2CCC2(C)C(C(=O)O)CCC12. The van der Waals surface area contributed by atoms with Gasteiger partial charge in [-0.1, -0.05) is 13.8 Å². The molecular weight excluding hydrogens is 369 g/mol. The summed E-state index contributed by atoms with van der Waals surface area (Å²) in [6.45, 7) is 4.21. The van der Waals surface area contributed by atoms with E-state index in [1.54, 1.807) is 0 Å². The first kappa shape index (κ1) is 20.0. The second-order valence-corrected chi connectivity index (χ2v) is 10.2. The number of fused-ring (bicyclic) bond motifs is 5. The van der Waals surface area contributed by atoms with Crippen LogP contribution in [0.25, 0.3) is 0 Å². The Labute approximate surface area is 163 Å². The molecule has 4 fully saturated rings. The highest BCUT2D eigenvalue weighted by Crippen LogP contribution is 2.67. The lowest BCUT2D eigenvalue weighted by Gasteiger charge is -2.60. The molecule has 0 bridgehead atoms. The first-order valence-electron chi connectivity index (χ1n) is 10.5. The van der Waals surface area contributed by atoms with Crippen molar-refractivity contribution in [1.82, 2.24) is 0 Å². The Bertz CT molecular complexity index is 727. The number of Topliss-reactive ketones (excluding diaryl/α,β-unsaturated/α-hetero) is 1. The average Bonchev–Trinajstić information content (AvgIpc) is 2.92. The normalized spacial score (nSPS) is 47.4. The molecule has 0 aromatic rings. The zero-order valence-electron chi connectivity index (χ0n) is 16.5. The van der Waals surface area contributed by atoms with E-state index < -0.39 is 12.1 Å². The topological polar surface area (TPSA) is 54.4 Å². The summed E-state index contributed by atoms with van der Waals surface area (Å²) in [5, 5.41) is 9.67. The molecule has 7 atom stereocenters. The van der Waals surface area contributed by atoms with Crippen LogP contribution < -0.4 is 0 Å².